The van der Waals surface area contributed by atoms with Crippen LogP contribution in [0.25, 0.3) is 16.0 Å². The van der Waals surface area contributed by atoms with Crippen LogP contribution in [0.2, 0.25) is 0 Å². The lowest BCUT2D eigenvalue weighted by Crippen LogP contribution is -2.48. The lowest BCUT2D eigenvalue weighted by Gasteiger charge is -2.36. The molecule has 10 heteroatoms. The van der Waals surface area contributed by atoms with Gasteiger partial charge in [-0.3, -0.25) is 18.6 Å². The summed E-state index contributed by atoms with van der Waals surface area (Å²) in [6.45, 7) is 5.54. The highest BCUT2D eigenvalue weighted by Gasteiger charge is 2.22. The van der Waals surface area contributed by atoms with Crippen molar-refractivity contribution in [2.24, 2.45) is 0 Å². The van der Waals surface area contributed by atoms with Crippen LogP contribution in [0.5, 0.6) is 5.75 Å². The molecular weight excluding hydrogens is 452 g/mol. The Labute approximate surface area is 201 Å². The molecule has 0 N–H and O–H groups in total. The van der Waals surface area contributed by atoms with E-state index in [-0.39, 0.29) is 11.5 Å². The summed E-state index contributed by atoms with van der Waals surface area (Å²) in [6, 6.07) is 9.98. The molecule has 34 heavy (non-hydrogen) atoms. The second-order valence-corrected chi connectivity index (χ2v) is 9.27. The lowest BCUT2D eigenvalue weighted by molar-refractivity contribution is -0.131. The fourth-order valence-corrected chi connectivity index (χ4v) is 5.41. The zero-order valence-electron chi connectivity index (χ0n) is 19.4. The highest BCUT2D eigenvalue weighted by molar-refractivity contribution is 7.17. The summed E-state index contributed by atoms with van der Waals surface area (Å²) in [7, 11) is 1.66. The minimum absolute atomic E-state index is 0.0251. The van der Waals surface area contributed by atoms with Crippen molar-refractivity contribution in [1.29, 1.82) is 0 Å². The van der Waals surface area contributed by atoms with Crippen molar-refractivity contribution in [1.82, 2.24) is 24.1 Å². The molecule has 0 spiro atoms. The molecule has 0 aliphatic carbocycles. The van der Waals surface area contributed by atoms with Crippen LogP contribution in [0.15, 0.2) is 40.5 Å². The van der Waals surface area contributed by atoms with Crippen molar-refractivity contribution in [2.75, 3.05) is 38.2 Å². The van der Waals surface area contributed by atoms with E-state index in [9.17, 15) is 9.59 Å². The van der Waals surface area contributed by atoms with Crippen LogP contribution in [0.3, 0.4) is 0 Å². The molecule has 3 aromatic heterocycles. The molecule has 1 fully saturated rings. The summed E-state index contributed by atoms with van der Waals surface area (Å²) in [4.78, 5) is 29.8. The first kappa shape index (κ1) is 22.4. The van der Waals surface area contributed by atoms with E-state index in [4.69, 9.17) is 4.74 Å². The predicted molar refractivity (Wildman–Crippen MR) is 133 cm³/mol. The van der Waals surface area contributed by atoms with Gasteiger partial charge in [0.1, 0.15) is 16.3 Å². The van der Waals surface area contributed by atoms with E-state index in [0.29, 0.717) is 36.3 Å². The van der Waals surface area contributed by atoms with Gasteiger partial charge in [0.25, 0.3) is 5.56 Å². The van der Waals surface area contributed by atoms with Crippen LogP contribution in [0, 0.1) is 0 Å². The Hall–Kier alpha value is -3.40. The summed E-state index contributed by atoms with van der Waals surface area (Å²) in [5.74, 6) is 2.37. The van der Waals surface area contributed by atoms with Gasteiger partial charge in [0.2, 0.25) is 11.7 Å². The Morgan fingerprint density at radius 1 is 1.09 bits per heavy atom. The monoisotopic (exact) mass is 480 g/mol. The van der Waals surface area contributed by atoms with Gasteiger partial charge in [-0.15, -0.1) is 21.5 Å². The Morgan fingerprint density at radius 3 is 2.56 bits per heavy atom. The zero-order valence-corrected chi connectivity index (χ0v) is 20.3. The van der Waals surface area contributed by atoms with E-state index >= 15 is 0 Å². The lowest BCUT2D eigenvalue weighted by atomic mass is 10.2. The number of aryl methyl sites for hydroxylation is 2. The van der Waals surface area contributed by atoms with Gasteiger partial charge in [0, 0.05) is 51.3 Å². The van der Waals surface area contributed by atoms with E-state index in [0.717, 1.165) is 49.0 Å². The SMILES string of the molecule is CCn1c(=O)c2sccc2n2c(CCCC(=O)N3CCN(c4ccc(OC)cc4)CC3)nnc12. The number of hydrogen-bond donors (Lipinski definition) is 0. The second-order valence-electron chi connectivity index (χ2n) is 8.36. The molecule has 1 aliphatic rings. The Balaban J connectivity index is 1.20. The van der Waals surface area contributed by atoms with Crippen LogP contribution in [0.1, 0.15) is 25.6 Å². The summed E-state index contributed by atoms with van der Waals surface area (Å²) < 4.78 is 9.56. The average molecular weight is 481 g/mol. The summed E-state index contributed by atoms with van der Waals surface area (Å²) in [6.07, 6.45) is 1.79. The molecule has 9 nitrogen and oxygen atoms in total. The largest absolute Gasteiger partial charge is 0.497 e. The van der Waals surface area contributed by atoms with Gasteiger partial charge in [-0.1, -0.05) is 0 Å². The molecule has 0 saturated carbocycles. The first-order valence-corrected chi connectivity index (χ1v) is 12.5. The third kappa shape index (κ3) is 4.02. The smallest absolute Gasteiger partial charge is 0.272 e. The summed E-state index contributed by atoms with van der Waals surface area (Å²) in [5.41, 5.74) is 1.97. The molecule has 1 saturated heterocycles. The number of ether oxygens (including phenoxy) is 1. The first-order valence-electron chi connectivity index (χ1n) is 11.6. The van der Waals surface area contributed by atoms with Gasteiger partial charge in [0.05, 0.1) is 12.6 Å². The standard InChI is InChI=1S/C24H28N6O3S/c1-3-29-23(32)22-19(11-16-34-22)30-20(25-26-24(29)30)5-4-6-21(31)28-14-12-27(13-15-28)17-7-9-18(33-2)10-8-17/h7-11,16H,3-6,12-15H2,1-2H3. The van der Waals surface area contributed by atoms with Crippen molar-refractivity contribution in [3.8, 4) is 5.75 Å². The van der Waals surface area contributed by atoms with E-state index in [1.165, 1.54) is 11.3 Å². The fourth-order valence-electron chi connectivity index (χ4n) is 4.59. The number of hydrogen-bond acceptors (Lipinski definition) is 7. The quantitative estimate of drug-likeness (QED) is 0.404. The Morgan fingerprint density at radius 2 is 1.85 bits per heavy atom. The van der Waals surface area contributed by atoms with E-state index < -0.39 is 0 Å². The molecule has 1 aliphatic heterocycles. The van der Waals surface area contributed by atoms with Gasteiger partial charge in [-0.2, -0.15) is 0 Å². The molecule has 4 heterocycles. The zero-order chi connectivity index (χ0) is 23.7. The summed E-state index contributed by atoms with van der Waals surface area (Å²) >= 11 is 1.44. The molecule has 1 aromatic carbocycles. The number of fused-ring (bicyclic) bond motifs is 3. The van der Waals surface area contributed by atoms with Crippen LogP contribution in [-0.2, 0) is 17.8 Å². The number of amides is 1. The first-order chi connectivity index (χ1) is 16.6. The maximum atomic E-state index is 12.8. The molecule has 1 amide bonds. The van der Waals surface area contributed by atoms with Gasteiger partial charge in [0.15, 0.2) is 0 Å². The van der Waals surface area contributed by atoms with Gasteiger partial charge >= 0.3 is 0 Å². The van der Waals surface area contributed by atoms with E-state index in [1.807, 2.05) is 39.8 Å². The van der Waals surface area contributed by atoms with Crippen LogP contribution < -0.4 is 15.2 Å². The minimum Gasteiger partial charge on any atom is -0.497 e. The highest BCUT2D eigenvalue weighted by Crippen LogP contribution is 2.22. The molecule has 0 unspecified atom stereocenters. The van der Waals surface area contributed by atoms with Crippen molar-refractivity contribution in [3.05, 3.63) is 51.9 Å². The predicted octanol–water partition coefficient (Wildman–Crippen LogP) is 2.81. The molecule has 0 radical (unpaired) electrons. The normalized spacial score (nSPS) is 14.3. The number of nitrogens with zero attached hydrogens (tertiary/aromatic N) is 6. The van der Waals surface area contributed by atoms with E-state index in [1.54, 1.807) is 11.7 Å². The number of aromatic nitrogens is 4. The van der Waals surface area contributed by atoms with Crippen LogP contribution in [0.4, 0.5) is 5.69 Å². The molecule has 0 atom stereocenters. The number of methoxy groups -OCH3 is 1. The maximum absolute atomic E-state index is 12.8. The topological polar surface area (TPSA) is 85.0 Å². The number of anilines is 1. The average Bonchev–Trinajstić information content (AvgIpc) is 3.52. The second kappa shape index (κ2) is 9.46. The minimum atomic E-state index is -0.0251. The molecule has 178 valence electrons. The van der Waals surface area contributed by atoms with Gasteiger partial charge in [-0.25, -0.2) is 0 Å². The van der Waals surface area contributed by atoms with Crippen molar-refractivity contribution < 1.29 is 9.53 Å². The van der Waals surface area contributed by atoms with E-state index in [2.05, 4.69) is 27.2 Å². The van der Waals surface area contributed by atoms with Gasteiger partial charge in [-0.05, 0) is 49.1 Å². The molecule has 0 bridgehead atoms. The van der Waals surface area contributed by atoms with Crippen LogP contribution >= 0.6 is 11.3 Å². The number of thiophene rings is 1. The number of carbonyl (C=O) groups is 1. The number of carbonyl (C=O) groups excluding carboxylic acids is 1. The Bertz CT molecular complexity index is 1370. The van der Waals surface area contributed by atoms with Crippen molar-refractivity contribution in [2.45, 2.75) is 32.7 Å². The van der Waals surface area contributed by atoms with Crippen molar-refractivity contribution in [3.63, 3.8) is 0 Å². The molecule has 5 rings (SSSR count). The maximum Gasteiger partial charge on any atom is 0.272 e. The third-order valence-corrected chi connectivity index (χ3v) is 7.35. The van der Waals surface area contributed by atoms with Gasteiger partial charge < -0.3 is 14.5 Å². The molecule has 4 aromatic rings. The highest BCUT2D eigenvalue weighted by atomic mass is 32.1. The fraction of sp³-hybridized carbons (Fsp3) is 0.417. The summed E-state index contributed by atoms with van der Waals surface area (Å²) in [5, 5.41) is 10.6. The van der Waals surface area contributed by atoms with Crippen LogP contribution in [-0.4, -0.2) is 63.3 Å². The third-order valence-electron chi connectivity index (χ3n) is 6.46. The number of rotatable bonds is 7. The number of benzene rings is 1. The Kier molecular flexibility index (Phi) is 6.23. The van der Waals surface area contributed by atoms with Crippen molar-refractivity contribution >= 4 is 38.9 Å². The number of piperazine rings is 1. The molecular formula is C24H28N6O3S.